The van der Waals surface area contributed by atoms with E-state index in [0.29, 0.717) is 12.1 Å². The number of hydrogen-bond acceptors (Lipinski definition) is 2. The standard InChI is InChI=1S/C16H21NO/c1-2-4-13-9-14(6-5-12(13)3-1)17-15-7-8-16(17)11-18-10-15/h1-4,14-16H,5-11H2/t14-,15?,16?/m0/s1. The van der Waals surface area contributed by atoms with E-state index < -0.39 is 0 Å². The highest BCUT2D eigenvalue weighted by atomic mass is 16.5. The van der Waals surface area contributed by atoms with Crippen LogP contribution in [0, 0.1) is 0 Å². The summed E-state index contributed by atoms with van der Waals surface area (Å²) in [7, 11) is 0. The van der Waals surface area contributed by atoms with E-state index in [9.17, 15) is 0 Å². The lowest BCUT2D eigenvalue weighted by Crippen LogP contribution is -2.52. The third-order valence-corrected chi connectivity index (χ3v) is 5.04. The molecule has 0 saturated carbocycles. The number of morpholine rings is 1. The molecule has 2 heteroatoms. The van der Waals surface area contributed by atoms with Gasteiger partial charge in [0.15, 0.2) is 0 Å². The first-order valence-corrected chi connectivity index (χ1v) is 7.34. The van der Waals surface area contributed by atoms with Crippen LogP contribution in [0.3, 0.4) is 0 Å². The van der Waals surface area contributed by atoms with Crippen LogP contribution in [0.25, 0.3) is 0 Å². The smallest absolute Gasteiger partial charge is 0.0622 e. The van der Waals surface area contributed by atoms with E-state index in [2.05, 4.69) is 29.2 Å². The summed E-state index contributed by atoms with van der Waals surface area (Å²) in [5.41, 5.74) is 3.16. The molecule has 2 bridgehead atoms. The Balaban J connectivity index is 1.57. The third kappa shape index (κ3) is 1.70. The normalized spacial score (nSPS) is 35.4. The van der Waals surface area contributed by atoms with Gasteiger partial charge in [0.2, 0.25) is 0 Å². The van der Waals surface area contributed by atoms with E-state index in [-0.39, 0.29) is 0 Å². The molecule has 18 heavy (non-hydrogen) atoms. The SMILES string of the molecule is c1ccc2c(c1)CC[C@H](N1C3CCC1COC3)C2. The van der Waals surface area contributed by atoms with Crippen LogP contribution < -0.4 is 0 Å². The number of fused-ring (bicyclic) bond motifs is 3. The highest BCUT2D eigenvalue weighted by molar-refractivity contribution is 5.30. The summed E-state index contributed by atoms with van der Waals surface area (Å²) >= 11 is 0. The van der Waals surface area contributed by atoms with Crippen molar-refractivity contribution in [1.82, 2.24) is 4.90 Å². The van der Waals surface area contributed by atoms with Gasteiger partial charge in [-0.15, -0.1) is 0 Å². The van der Waals surface area contributed by atoms with Crippen molar-refractivity contribution in [3.63, 3.8) is 0 Å². The molecule has 0 spiro atoms. The minimum Gasteiger partial charge on any atom is -0.378 e. The Labute approximate surface area is 109 Å². The molecule has 1 aliphatic carbocycles. The fourth-order valence-electron chi connectivity index (χ4n) is 4.19. The second-order valence-corrected chi connectivity index (χ2v) is 6.04. The van der Waals surface area contributed by atoms with E-state index in [0.717, 1.165) is 19.3 Å². The average Bonchev–Trinajstić information content (AvgIpc) is 2.68. The molecule has 0 N–H and O–H groups in total. The van der Waals surface area contributed by atoms with Gasteiger partial charge in [-0.1, -0.05) is 24.3 Å². The maximum atomic E-state index is 5.71. The number of nitrogens with zero attached hydrogens (tertiary/aromatic N) is 1. The summed E-state index contributed by atoms with van der Waals surface area (Å²) in [5.74, 6) is 0. The van der Waals surface area contributed by atoms with Gasteiger partial charge in [-0.3, -0.25) is 4.90 Å². The first kappa shape index (κ1) is 11.0. The molecule has 3 atom stereocenters. The number of aryl methyl sites for hydroxylation is 1. The average molecular weight is 243 g/mol. The highest BCUT2D eigenvalue weighted by Gasteiger charge is 2.41. The maximum Gasteiger partial charge on any atom is 0.0622 e. The zero-order valence-corrected chi connectivity index (χ0v) is 10.8. The van der Waals surface area contributed by atoms with Gasteiger partial charge >= 0.3 is 0 Å². The molecule has 0 aromatic heterocycles. The Morgan fingerprint density at radius 1 is 0.889 bits per heavy atom. The Morgan fingerprint density at radius 3 is 2.39 bits per heavy atom. The Hall–Kier alpha value is -0.860. The van der Waals surface area contributed by atoms with Gasteiger partial charge < -0.3 is 4.74 Å². The fraction of sp³-hybridized carbons (Fsp3) is 0.625. The maximum absolute atomic E-state index is 5.71. The van der Waals surface area contributed by atoms with Crippen molar-refractivity contribution >= 4 is 0 Å². The lowest BCUT2D eigenvalue weighted by molar-refractivity contribution is -0.0388. The number of benzene rings is 1. The zero-order valence-electron chi connectivity index (χ0n) is 10.8. The van der Waals surface area contributed by atoms with Gasteiger partial charge in [-0.2, -0.15) is 0 Å². The van der Waals surface area contributed by atoms with E-state index in [1.54, 1.807) is 11.1 Å². The molecule has 2 nitrogen and oxygen atoms in total. The highest BCUT2D eigenvalue weighted by Crippen LogP contribution is 2.35. The van der Waals surface area contributed by atoms with Crippen molar-refractivity contribution < 1.29 is 4.74 Å². The Morgan fingerprint density at radius 2 is 1.61 bits per heavy atom. The summed E-state index contributed by atoms with van der Waals surface area (Å²) in [4.78, 5) is 2.80. The molecule has 3 aliphatic rings. The van der Waals surface area contributed by atoms with Crippen LogP contribution in [0.2, 0.25) is 0 Å². The van der Waals surface area contributed by atoms with Crippen LogP contribution in [0.15, 0.2) is 24.3 Å². The summed E-state index contributed by atoms with van der Waals surface area (Å²) in [5, 5.41) is 0. The largest absolute Gasteiger partial charge is 0.378 e. The number of ether oxygens (including phenoxy) is 1. The second kappa shape index (κ2) is 4.36. The fourth-order valence-corrected chi connectivity index (χ4v) is 4.19. The summed E-state index contributed by atoms with van der Waals surface area (Å²) in [6.07, 6.45) is 6.55. The van der Waals surface area contributed by atoms with Crippen LogP contribution in [0.4, 0.5) is 0 Å². The second-order valence-electron chi connectivity index (χ2n) is 6.04. The molecule has 2 aliphatic heterocycles. The molecular weight excluding hydrogens is 222 g/mol. The predicted octanol–water partition coefficient (Wildman–Crippen LogP) is 2.41. The molecule has 0 amide bonds. The molecule has 1 aromatic carbocycles. The van der Waals surface area contributed by atoms with E-state index in [4.69, 9.17) is 4.74 Å². The minimum absolute atomic E-state index is 0.707. The zero-order chi connectivity index (χ0) is 11.9. The van der Waals surface area contributed by atoms with Crippen molar-refractivity contribution in [1.29, 1.82) is 0 Å². The minimum atomic E-state index is 0.707. The lowest BCUT2D eigenvalue weighted by atomic mass is 9.87. The summed E-state index contributed by atoms with van der Waals surface area (Å²) in [6, 6.07) is 11.2. The molecule has 2 heterocycles. The van der Waals surface area contributed by atoms with Gasteiger partial charge in [-0.25, -0.2) is 0 Å². The molecule has 96 valence electrons. The van der Waals surface area contributed by atoms with Crippen molar-refractivity contribution in [3.8, 4) is 0 Å². The van der Waals surface area contributed by atoms with Gasteiger partial charge in [0, 0.05) is 18.1 Å². The topological polar surface area (TPSA) is 12.5 Å². The monoisotopic (exact) mass is 243 g/mol. The molecule has 4 rings (SSSR count). The van der Waals surface area contributed by atoms with Crippen molar-refractivity contribution in [2.24, 2.45) is 0 Å². The summed E-state index contributed by atoms with van der Waals surface area (Å²) < 4.78 is 5.71. The van der Waals surface area contributed by atoms with Crippen molar-refractivity contribution in [3.05, 3.63) is 35.4 Å². The van der Waals surface area contributed by atoms with E-state index in [1.165, 1.54) is 32.1 Å². The molecule has 0 radical (unpaired) electrons. The lowest BCUT2D eigenvalue weighted by Gasteiger charge is -2.42. The molecule has 2 fully saturated rings. The third-order valence-electron chi connectivity index (χ3n) is 5.04. The first-order valence-electron chi connectivity index (χ1n) is 7.34. The van der Waals surface area contributed by atoms with E-state index >= 15 is 0 Å². The molecule has 2 unspecified atom stereocenters. The van der Waals surface area contributed by atoms with Crippen LogP contribution in [0.1, 0.15) is 30.4 Å². The van der Waals surface area contributed by atoms with Gasteiger partial charge in [0.25, 0.3) is 0 Å². The van der Waals surface area contributed by atoms with Gasteiger partial charge in [0.1, 0.15) is 0 Å². The molecule has 1 aromatic rings. The predicted molar refractivity (Wildman–Crippen MR) is 71.7 cm³/mol. The van der Waals surface area contributed by atoms with Crippen LogP contribution in [0.5, 0.6) is 0 Å². The number of hydrogen-bond donors (Lipinski definition) is 0. The first-order chi connectivity index (χ1) is 8.92. The Kier molecular flexibility index (Phi) is 2.66. The summed E-state index contributed by atoms with van der Waals surface area (Å²) in [6.45, 7) is 1.93. The van der Waals surface area contributed by atoms with Crippen molar-refractivity contribution in [2.45, 2.75) is 50.2 Å². The molecule has 2 saturated heterocycles. The van der Waals surface area contributed by atoms with Crippen LogP contribution in [-0.2, 0) is 17.6 Å². The quantitative estimate of drug-likeness (QED) is 0.751. The van der Waals surface area contributed by atoms with Crippen LogP contribution in [-0.4, -0.2) is 36.2 Å². The van der Waals surface area contributed by atoms with E-state index in [1.807, 2.05) is 0 Å². The Bertz CT molecular complexity index is 428. The van der Waals surface area contributed by atoms with Gasteiger partial charge in [-0.05, 0) is 43.2 Å². The van der Waals surface area contributed by atoms with Gasteiger partial charge in [0.05, 0.1) is 13.2 Å². The van der Waals surface area contributed by atoms with Crippen LogP contribution >= 0.6 is 0 Å². The van der Waals surface area contributed by atoms with Crippen molar-refractivity contribution in [2.75, 3.05) is 13.2 Å². The number of rotatable bonds is 1. The molecular formula is C16H21NO.